The summed E-state index contributed by atoms with van der Waals surface area (Å²) in [4.78, 5) is 4.26. The van der Waals surface area contributed by atoms with Crippen LogP contribution < -0.4 is 10.0 Å². The largest absolute Gasteiger partial charge is 0.385 e. The minimum absolute atomic E-state index is 0.230. The SMILES string of the molecule is CCNc1ccc(S(=O)(=O)Nc2ccnc(C)c2)cc1. The van der Waals surface area contributed by atoms with Gasteiger partial charge >= 0.3 is 0 Å². The van der Waals surface area contributed by atoms with Crippen LogP contribution in [0.1, 0.15) is 12.6 Å². The van der Waals surface area contributed by atoms with E-state index in [0.29, 0.717) is 5.69 Å². The Balaban J connectivity index is 2.21. The Labute approximate surface area is 119 Å². The number of hydrogen-bond donors (Lipinski definition) is 2. The molecule has 2 aromatic rings. The van der Waals surface area contributed by atoms with Gasteiger partial charge in [-0.3, -0.25) is 9.71 Å². The Hall–Kier alpha value is -2.08. The third-order valence-electron chi connectivity index (χ3n) is 2.69. The fourth-order valence-corrected chi connectivity index (χ4v) is 2.83. The molecule has 0 saturated carbocycles. The highest BCUT2D eigenvalue weighted by Crippen LogP contribution is 2.18. The number of nitrogens with one attached hydrogen (secondary N) is 2. The van der Waals surface area contributed by atoms with Gasteiger partial charge < -0.3 is 5.32 Å². The normalized spacial score (nSPS) is 11.1. The smallest absolute Gasteiger partial charge is 0.261 e. The van der Waals surface area contributed by atoms with Gasteiger partial charge in [0, 0.05) is 24.1 Å². The number of nitrogens with zero attached hydrogens (tertiary/aromatic N) is 1. The van der Waals surface area contributed by atoms with E-state index in [1.807, 2.05) is 13.8 Å². The zero-order chi connectivity index (χ0) is 14.6. The summed E-state index contributed by atoms with van der Waals surface area (Å²) >= 11 is 0. The molecule has 0 spiro atoms. The van der Waals surface area contributed by atoms with E-state index in [4.69, 9.17) is 0 Å². The highest BCUT2D eigenvalue weighted by atomic mass is 32.2. The Morgan fingerprint density at radius 2 is 1.80 bits per heavy atom. The van der Waals surface area contributed by atoms with Crippen molar-refractivity contribution in [2.45, 2.75) is 18.7 Å². The van der Waals surface area contributed by atoms with Crippen LogP contribution in [0.25, 0.3) is 0 Å². The number of hydrogen-bond acceptors (Lipinski definition) is 4. The summed E-state index contributed by atoms with van der Waals surface area (Å²) in [5.41, 5.74) is 2.16. The molecule has 2 rings (SSSR count). The van der Waals surface area contributed by atoms with Gasteiger partial charge in [-0.15, -0.1) is 0 Å². The molecule has 0 atom stereocenters. The maximum Gasteiger partial charge on any atom is 0.261 e. The maximum absolute atomic E-state index is 12.2. The van der Waals surface area contributed by atoms with Gasteiger partial charge in [0.1, 0.15) is 0 Å². The summed E-state index contributed by atoms with van der Waals surface area (Å²) in [6.45, 7) is 4.58. The summed E-state index contributed by atoms with van der Waals surface area (Å²) in [5, 5.41) is 3.12. The molecule has 6 heteroatoms. The van der Waals surface area contributed by atoms with Crippen LogP contribution in [0.15, 0.2) is 47.5 Å². The average molecular weight is 291 g/mol. The van der Waals surface area contributed by atoms with E-state index in [0.717, 1.165) is 17.9 Å². The van der Waals surface area contributed by atoms with Gasteiger partial charge in [0.2, 0.25) is 0 Å². The molecule has 1 aromatic carbocycles. The number of anilines is 2. The van der Waals surface area contributed by atoms with Gasteiger partial charge in [0.15, 0.2) is 0 Å². The Morgan fingerprint density at radius 3 is 2.40 bits per heavy atom. The van der Waals surface area contributed by atoms with Gasteiger partial charge in [-0.05, 0) is 50.2 Å². The lowest BCUT2D eigenvalue weighted by Gasteiger charge is -2.09. The Morgan fingerprint density at radius 1 is 1.10 bits per heavy atom. The van der Waals surface area contributed by atoms with Crippen LogP contribution in [-0.2, 0) is 10.0 Å². The lowest BCUT2D eigenvalue weighted by Crippen LogP contribution is -2.13. The predicted octanol–water partition coefficient (Wildman–Crippen LogP) is 2.62. The second-order valence-electron chi connectivity index (χ2n) is 4.35. The minimum atomic E-state index is -3.57. The first kappa shape index (κ1) is 14.3. The number of sulfonamides is 1. The number of rotatable bonds is 5. The fraction of sp³-hybridized carbons (Fsp3) is 0.214. The van der Waals surface area contributed by atoms with Crippen molar-refractivity contribution in [3.8, 4) is 0 Å². The van der Waals surface area contributed by atoms with Gasteiger partial charge in [0.05, 0.1) is 10.6 Å². The van der Waals surface area contributed by atoms with Crippen molar-refractivity contribution in [2.75, 3.05) is 16.6 Å². The van der Waals surface area contributed by atoms with Crippen LogP contribution in [0.5, 0.6) is 0 Å². The number of aromatic nitrogens is 1. The molecule has 0 aliphatic heterocycles. The van der Waals surface area contributed by atoms with E-state index < -0.39 is 10.0 Å². The molecule has 5 nitrogen and oxygen atoms in total. The predicted molar refractivity (Wildman–Crippen MR) is 80.4 cm³/mol. The van der Waals surface area contributed by atoms with E-state index in [2.05, 4.69) is 15.0 Å². The van der Waals surface area contributed by atoms with Crippen molar-refractivity contribution in [2.24, 2.45) is 0 Å². The quantitative estimate of drug-likeness (QED) is 0.888. The van der Waals surface area contributed by atoms with Crippen LogP contribution in [0.4, 0.5) is 11.4 Å². The minimum Gasteiger partial charge on any atom is -0.385 e. The van der Waals surface area contributed by atoms with Crippen LogP contribution >= 0.6 is 0 Å². The molecule has 0 aliphatic carbocycles. The third kappa shape index (κ3) is 3.48. The molecular weight excluding hydrogens is 274 g/mol. The first-order valence-electron chi connectivity index (χ1n) is 6.30. The molecule has 0 amide bonds. The van der Waals surface area contributed by atoms with E-state index in [9.17, 15) is 8.42 Å². The van der Waals surface area contributed by atoms with Gasteiger partial charge in [-0.25, -0.2) is 8.42 Å². The number of aryl methyl sites for hydroxylation is 1. The van der Waals surface area contributed by atoms with Gasteiger partial charge in [-0.2, -0.15) is 0 Å². The van der Waals surface area contributed by atoms with E-state index in [1.165, 1.54) is 0 Å². The van der Waals surface area contributed by atoms with Crippen LogP contribution in [0.3, 0.4) is 0 Å². The van der Waals surface area contributed by atoms with Crippen molar-refractivity contribution in [1.29, 1.82) is 0 Å². The number of benzene rings is 1. The van der Waals surface area contributed by atoms with Crippen molar-refractivity contribution in [3.63, 3.8) is 0 Å². The lowest BCUT2D eigenvalue weighted by atomic mass is 10.3. The average Bonchev–Trinajstić information content (AvgIpc) is 2.39. The third-order valence-corrected chi connectivity index (χ3v) is 4.09. The summed E-state index contributed by atoms with van der Waals surface area (Å²) in [6.07, 6.45) is 1.57. The molecule has 0 fully saturated rings. The highest BCUT2D eigenvalue weighted by molar-refractivity contribution is 7.92. The maximum atomic E-state index is 12.2. The first-order chi connectivity index (χ1) is 9.51. The second kappa shape index (κ2) is 5.92. The first-order valence-corrected chi connectivity index (χ1v) is 7.79. The standard InChI is InChI=1S/C14H17N3O2S/c1-3-15-12-4-6-14(7-5-12)20(18,19)17-13-8-9-16-11(2)10-13/h4-10,15H,3H2,1-2H3,(H,16,17). The van der Waals surface area contributed by atoms with E-state index >= 15 is 0 Å². The fourth-order valence-electron chi connectivity index (χ4n) is 1.78. The van der Waals surface area contributed by atoms with Crippen LogP contribution in [-0.4, -0.2) is 19.9 Å². The van der Waals surface area contributed by atoms with Crippen LogP contribution in [0.2, 0.25) is 0 Å². The Kier molecular flexibility index (Phi) is 4.24. The lowest BCUT2D eigenvalue weighted by molar-refractivity contribution is 0.601. The summed E-state index contributed by atoms with van der Waals surface area (Å²) in [5.74, 6) is 0. The summed E-state index contributed by atoms with van der Waals surface area (Å²) < 4.78 is 27.0. The molecule has 0 saturated heterocycles. The Bertz CT molecular complexity index is 682. The van der Waals surface area contributed by atoms with E-state index in [1.54, 1.807) is 42.6 Å². The van der Waals surface area contributed by atoms with Crippen molar-refractivity contribution in [3.05, 3.63) is 48.3 Å². The molecule has 106 valence electrons. The molecule has 0 unspecified atom stereocenters. The second-order valence-corrected chi connectivity index (χ2v) is 6.03. The van der Waals surface area contributed by atoms with E-state index in [-0.39, 0.29) is 4.90 Å². The molecule has 2 N–H and O–H groups in total. The zero-order valence-corrected chi connectivity index (χ0v) is 12.2. The summed E-state index contributed by atoms with van der Waals surface area (Å²) in [6, 6.07) is 9.95. The molecular formula is C14H17N3O2S. The van der Waals surface area contributed by atoms with Gasteiger partial charge in [0.25, 0.3) is 10.0 Å². The van der Waals surface area contributed by atoms with Crippen molar-refractivity contribution in [1.82, 2.24) is 4.98 Å². The monoisotopic (exact) mass is 291 g/mol. The molecule has 0 aliphatic rings. The highest BCUT2D eigenvalue weighted by Gasteiger charge is 2.13. The molecule has 0 radical (unpaired) electrons. The zero-order valence-electron chi connectivity index (χ0n) is 11.4. The van der Waals surface area contributed by atoms with Crippen molar-refractivity contribution >= 4 is 21.4 Å². The molecule has 20 heavy (non-hydrogen) atoms. The molecule has 0 bridgehead atoms. The number of pyridine rings is 1. The van der Waals surface area contributed by atoms with Crippen molar-refractivity contribution < 1.29 is 8.42 Å². The topological polar surface area (TPSA) is 71.1 Å². The molecule has 1 heterocycles. The van der Waals surface area contributed by atoms with Crippen LogP contribution in [0, 0.1) is 6.92 Å². The molecule has 1 aromatic heterocycles. The summed E-state index contributed by atoms with van der Waals surface area (Å²) in [7, 11) is -3.57. The van der Waals surface area contributed by atoms with Gasteiger partial charge in [-0.1, -0.05) is 0 Å².